The van der Waals surface area contributed by atoms with Crippen LogP contribution in [0, 0.1) is 0 Å². The van der Waals surface area contributed by atoms with Crippen LogP contribution in [0.3, 0.4) is 0 Å². The lowest BCUT2D eigenvalue weighted by atomic mass is 10.5. The van der Waals surface area contributed by atoms with Crippen molar-refractivity contribution in [2.45, 2.75) is 112 Å². The third kappa shape index (κ3) is 13.2. The predicted molar refractivity (Wildman–Crippen MR) is 151 cm³/mol. The second-order valence-electron chi connectivity index (χ2n) is 10.7. The molecule has 0 aliphatic heterocycles. The van der Waals surface area contributed by atoms with E-state index in [1.165, 1.54) is 40.8 Å². The molecule has 0 N–H and O–H groups in total. The quantitative estimate of drug-likeness (QED) is 0.243. The third-order valence-electron chi connectivity index (χ3n) is 5.23. The van der Waals surface area contributed by atoms with Crippen LogP contribution in [-0.2, 0) is 54.0 Å². The lowest BCUT2D eigenvalue weighted by Gasteiger charge is -2.43. The van der Waals surface area contributed by atoms with Gasteiger partial charge in [0.1, 0.15) is 0 Å². The highest BCUT2D eigenvalue weighted by molar-refractivity contribution is 6.83. The fourth-order valence-electron chi connectivity index (χ4n) is 3.93. The topological polar surface area (TPSA) is 142 Å². The van der Waals surface area contributed by atoms with Crippen LogP contribution in [0.25, 0.3) is 0 Å². The van der Waals surface area contributed by atoms with Crippen molar-refractivity contribution in [2.75, 3.05) is 0 Å². The van der Waals surface area contributed by atoms with Gasteiger partial charge in [-0.15, -0.1) is 0 Å². The zero-order chi connectivity index (χ0) is 30.3. The molecule has 0 aromatic carbocycles. The van der Waals surface area contributed by atoms with Crippen LogP contribution < -0.4 is 0 Å². The molecular weight excluding hydrogens is 585 g/mol. The fourth-order valence-corrected chi connectivity index (χ4v) is 21.8. The summed E-state index contributed by atoms with van der Waals surface area (Å²) in [6, 6.07) is 0. The highest BCUT2D eigenvalue weighted by Gasteiger charge is 2.53. The summed E-state index contributed by atoms with van der Waals surface area (Å²) in [6.07, 6.45) is 0.605. The van der Waals surface area contributed by atoms with Gasteiger partial charge in [0.05, 0.1) is 11.5 Å². The Labute approximate surface area is 232 Å². The van der Waals surface area contributed by atoms with E-state index >= 15 is 0 Å². The molecule has 0 saturated heterocycles. The minimum atomic E-state index is -3.64. The van der Waals surface area contributed by atoms with Gasteiger partial charge in [-0.2, -0.15) is 0 Å². The van der Waals surface area contributed by atoms with Crippen molar-refractivity contribution in [3.63, 3.8) is 0 Å². The van der Waals surface area contributed by atoms with Crippen molar-refractivity contribution < 1.29 is 54.0 Å². The molecule has 0 fully saturated rings. The highest BCUT2D eigenvalue weighted by atomic mass is 28.5. The van der Waals surface area contributed by atoms with Crippen LogP contribution in [0.1, 0.15) is 48.0 Å². The minimum absolute atomic E-state index is 0.333. The molecule has 0 rings (SSSR count). The monoisotopic (exact) mass is 630 g/mol. The second-order valence-corrected chi connectivity index (χ2v) is 27.7. The number of hydrogen-bond acceptors (Lipinski definition) is 12. The lowest BCUT2D eigenvalue weighted by Crippen LogP contribution is -2.62. The van der Waals surface area contributed by atoms with Gasteiger partial charge < -0.3 is 34.8 Å². The Balaban J connectivity index is 5.77. The van der Waals surface area contributed by atoms with Gasteiger partial charge in [0.25, 0.3) is 23.9 Å². The van der Waals surface area contributed by atoms with Crippen molar-refractivity contribution in [2.24, 2.45) is 0 Å². The first-order valence-electron chi connectivity index (χ1n) is 12.4. The first-order valence-corrected chi connectivity index (χ1v) is 25.7. The zero-order valence-corrected chi connectivity index (χ0v) is 30.3. The Bertz CT molecular complexity index is 832. The smallest absolute Gasteiger partial charge is 0.465 e. The van der Waals surface area contributed by atoms with Crippen LogP contribution in [0.2, 0.25) is 52.4 Å². The number of rotatable bonds is 15. The summed E-state index contributed by atoms with van der Waals surface area (Å²) >= 11 is 0. The maximum Gasteiger partial charge on any atom is 0.623 e. The summed E-state index contributed by atoms with van der Waals surface area (Å²) in [4.78, 5) is 46.6. The van der Waals surface area contributed by atoms with Gasteiger partial charge in [-0.3, -0.25) is 19.2 Å². The van der Waals surface area contributed by atoms with E-state index in [1.807, 2.05) is 40.0 Å². The van der Waals surface area contributed by atoms with Crippen molar-refractivity contribution in [3.8, 4) is 0 Å². The molecule has 17 heteroatoms. The summed E-state index contributed by atoms with van der Waals surface area (Å²) in [5, 5.41) is 0. The number of carbonyl (C=O) groups is 4. The molecule has 0 saturated carbocycles. The van der Waals surface area contributed by atoms with E-state index in [4.69, 9.17) is 34.8 Å². The van der Waals surface area contributed by atoms with Crippen molar-refractivity contribution in [1.29, 1.82) is 0 Å². The molecule has 0 radical (unpaired) electrons. The molecule has 0 aliphatic rings. The van der Waals surface area contributed by atoms with Gasteiger partial charge in [0.15, 0.2) is 0 Å². The molecule has 0 amide bonds. The minimum Gasteiger partial charge on any atom is -0.465 e. The van der Waals surface area contributed by atoms with Gasteiger partial charge in [-0.25, -0.2) is 0 Å². The first kappa shape index (κ1) is 36.8. The summed E-state index contributed by atoms with van der Waals surface area (Å²) < 4.78 is 46.7. The van der Waals surface area contributed by atoms with Gasteiger partial charge in [0.2, 0.25) is 16.6 Å². The van der Waals surface area contributed by atoms with Crippen LogP contribution >= 0.6 is 0 Å². The SMILES string of the molecule is CCC(O[Si](C)(C)C(C)O[Si](C)(C)O[Si](C)(OC(C)=O)OC(C)=O)[Si](C)(C)O[Si](C)(OC(C)=O)OC(C)=O. The largest absolute Gasteiger partial charge is 0.623 e. The third-order valence-corrected chi connectivity index (χ3v) is 21.3. The molecular formula is C21H46O12Si5. The zero-order valence-electron chi connectivity index (χ0n) is 25.3. The molecule has 0 spiro atoms. The Morgan fingerprint density at radius 3 is 1.24 bits per heavy atom. The Hall–Kier alpha value is -1.20. The van der Waals surface area contributed by atoms with Crippen LogP contribution in [0.4, 0.5) is 0 Å². The highest BCUT2D eigenvalue weighted by Crippen LogP contribution is 2.29. The van der Waals surface area contributed by atoms with E-state index in [0.717, 1.165) is 0 Å². The summed E-state index contributed by atoms with van der Waals surface area (Å²) in [7, 11) is -15.6. The Kier molecular flexibility index (Phi) is 13.5. The average molecular weight is 631 g/mol. The standard InChI is InChI=1S/C21H46O12Si5/c1-15-21(35(9,10)32-37(13,26-16(2)22)27-17(3)23)31-34(7,8)20(6)30-36(11,12)33-38(14,28-18(4)24)29-19(5)25/h20-21H,15H2,1-14H3. The average Bonchev–Trinajstić information content (AvgIpc) is 2.60. The van der Waals surface area contributed by atoms with E-state index in [-0.39, 0.29) is 11.5 Å². The summed E-state index contributed by atoms with van der Waals surface area (Å²) in [5.74, 6) is -2.43. The maximum atomic E-state index is 11.7. The van der Waals surface area contributed by atoms with Gasteiger partial charge in [0, 0.05) is 40.8 Å². The van der Waals surface area contributed by atoms with Crippen LogP contribution in [-0.4, -0.2) is 78.1 Å². The molecule has 2 atom stereocenters. The van der Waals surface area contributed by atoms with E-state index in [0.29, 0.717) is 6.42 Å². The number of hydrogen-bond donors (Lipinski definition) is 0. The molecule has 222 valence electrons. The van der Waals surface area contributed by atoms with Crippen molar-refractivity contribution in [3.05, 3.63) is 0 Å². The molecule has 0 aliphatic carbocycles. The molecule has 0 aromatic heterocycles. The van der Waals surface area contributed by atoms with Gasteiger partial charge in [-0.05, 0) is 52.6 Å². The Morgan fingerprint density at radius 1 is 0.579 bits per heavy atom. The normalized spacial score (nSPS) is 14.8. The van der Waals surface area contributed by atoms with Crippen molar-refractivity contribution >= 4 is 66.7 Å². The van der Waals surface area contributed by atoms with Gasteiger partial charge in [-0.1, -0.05) is 6.92 Å². The maximum absolute atomic E-state index is 11.7. The predicted octanol–water partition coefficient (Wildman–Crippen LogP) is 3.80. The molecule has 0 aromatic rings. The molecule has 0 bridgehead atoms. The van der Waals surface area contributed by atoms with E-state index in [1.54, 1.807) is 13.1 Å². The molecule has 0 heterocycles. The lowest BCUT2D eigenvalue weighted by molar-refractivity contribution is -0.143. The summed E-state index contributed by atoms with van der Waals surface area (Å²) in [5.41, 5.74) is -0.706. The molecule has 12 nitrogen and oxygen atoms in total. The van der Waals surface area contributed by atoms with E-state index in [2.05, 4.69) is 0 Å². The van der Waals surface area contributed by atoms with Crippen LogP contribution in [0.15, 0.2) is 0 Å². The van der Waals surface area contributed by atoms with Crippen LogP contribution in [0.5, 0.6) is 0 Å². The van der Waals surface area contributed by atoms with Crippen molar-refractivity contribution in [1.82, 2.24) is 0 Å². The summed E-state index contributed by atoms with van der Waals surface area (Å²) in [6.45, 7) is 23.2. The first-order chi connectivity index (χ1) is 16.9. The fraction of sp³-hybridized carbons (Fsp3) is 0.810. The molecule has 38 heavy (non-hydrogen) atoms. The molecule has 2 unspecified atom stereocenters. The van der Waals surface area contributed by atoms with E-state index in [9.17, 15) is 19.2 Å². The van der Waals surface area contributed by atoms with E-state index < -0.39 is 66.7 Å². The number of carbonyl (C=O) groups excluding carboxylic acids is 4. The second kappa shape index (κ2) is 13.9. The Morgan fingerprint density at radius 2 is 0.921 bits per heavy atom. The van der Waals surface area contributed by atoms with Gasteiger partial charge >= 0.3 is 26.2 Å².